The topological polar surface area (TPSA) is 83.4 Å². The van der Waals surface area contributed by atoms with Crippen molar-refractivity contribution in [3.8, 4) is 6.07 Å². The average Bonchev–Trinajstić information content (AvgIpc) is 2.45. The Kier molecular flexibility index (Phi) is 10.7. The number of hydrogen-bond acceptors (Lipinski definition) is 3. The average molecular weight is 388 g/mol. The minimum absolute atomic E-state index is 0. The molecule has 0 aliphatic carbocycles. The number of benzene rings is 1. The summed E-state index contributed by atoms with van der Waals surface area (Å²) in [5.74, 6) is 0.416. The normalized spacial score (nSPS) is 10.5. The molecule has 0 amide bonds. The van der Waals surface area contributed by atoms with Crippen LogP contribution in [0.15, 0.2) is 29.3 Å². The Balaban J connectivity index is 0.00000361. The standard InChI is InChI=1S/C14H20N4O.HI/c1-2-19-8-4-7-17-14(16)18-11-13-6-3-5-12(9-13)10-15;/h3,5-6,9H,2,4,7-8,11H2,1H3,(H3,16,17,18);1H. The lowest BCUT2D eigenvalue weighted by Crippen LogP contribution is -2.32. The van der Waals surface area contributed by atoms with E-state index in [-0.39, 0.29) is 24.0 Å². The van der Waals surface area contributed by atoms with Crippen LogP contribution in [0.25, 0.3) is 0 Å². The molecule has 6 heteroatoms. The lowest BCUT2D eigenvalue weighted by molar-refractivity contribution is 0.145. The van der Waals surface area contributed by atoms with Gasteiger partial charge in [-0.15, -0.1) is 24.0 Å². The first-order valence-corrected chi connectivity index (χ1v) is 6.37. The molecule has 0 spiro atoms. The SMILES string of the molecule is CCOCCCNC(N)=NCc1cccc(C#N)c1.I. The lowest BCUT2D eigenvalue weighted by Gasteiger charge is -2.05. The van der Waals surface area contributed by atoms with E-state index in [2.05, 4.69) is 16.4 Å². The molecule has 0 fully saturated rings. The Morgan fingerprint density at radius 1 is 1.50 bits per heavy atom. The van der Waals surface area contributed by atoms with Gasteiger partial charge >= 0.3 is 0 Å². The zero-order chi connectivity index (χ0) is 13.9. The highest BCUT2D eigenvalue weighted by molar-refractivity contribution is 14.0. The minimum atomic E-state index is 0. The van der Waals surface area contributed by atoms with Gasteiger partial charge in [0.15, 0.2) is 5.96 Å². The van der Waals surface area contributed by atoms with Crippen LogP contribution in [0.1, 0.15) is 24.5 Å². The summed E-state index contributed by atoms with van der Waals surface area (Å²) in [6.45, 7) is 4.64. The predicted octanol–water partition coefficient (Wildman–Crippen LogP) is 2.01. The van der Waals surface area contributed by atoms with Gasteiger partial charge in [0.05, 0.1) is 18.2 Å². The van der Waals surface area contributed by atoms with E-state index in [1.165, 1.54) is 0 Å². The summed E-state index contributed by atoms with van der Waals surface area (Å²) in [7, 11) is 0. The van der Waals surface area contributed by atoms with Crippen molar-refractivity contribution in [1.82, 2.24) is 5.32 Å². The second kappa shape index (κ2) is 11.5. The number of nitriles is 1. The lowest BCUT2D eigenvalue weighted by atomic mass is 10.1. The maximum Gasteiger partial charge on any atom is 0.188 e. The van der Waals surface area contributed by atoms with Crippen LogP contribution in [-0.4, -0.2) is 25.7 Å². The van der Waals surface area contributed by atoms with Crippen molar-refractivity contribution >= 4 is 29.9 Å². The van der Waals surface area contributed by atoms with Gasteiger partial charge in [-0.2, -0.15) is 5.26 Å². The number of aliphatic imine (C=N–C) groups is 1. The molecular formula is C14H21IN4O. The Bertz CT molecular complexity index is 457. The molecule has 0 saturated carbocycles. The maximum atomic E-state index is 8.79. The molecule has 0 aliphatic rings. The Morgan fingerprint density at radius 3 is 3.00 bits per heavy atom. The highest BCUT2D eigenvalue weighted by Gasteiger charge is 1.95. The van der Waals surface area contributed by atoms with Crippen molar-refractivity contribution in [2.24, 2.45) is 10.7 Å². The second-order valence-electron chi connectivity index (χ2n) is 3.99. The van der Waals surface area contributed by atoms with Crippen LogP contribution in [0.5, 0.6) is 0 Å². The van der Waals surface area contributed by atoms with Crippen LogP contribution in [0.4, 0.5) is 0 Å². The number of nitrogens with zero attached hydrogens (tertiary/aromatic N) is 2. The Hall–Kier alpha value is -1.33. The van der Waals surface area contributed by atoms with E-state index in [0.29, 0.717) is 18.1 Å². The fourth-order valence-electron chi connectivity index (χ4n) is 1.51. The highest BCUT2D eigenvalue weighted by atomic mass is 127. The molecule has 110 valence electrons. The monoisotopic (exact) mass is 388 g/mol. The predicted molar refractivity (Wildman–Crippen MR) is 91.0 cm³/mol. The van der Waals surface area contributed by atoms with E-state index in [4.69, 9.17) is 15.7 Å². The highest BCUT2D eigenvalue weighted by Crippen LogP contribution is 2.05. The first-order chi connectivity index (χ1) is 9.26. The van der Waals surface area contributed by atoms with E-state index < -0.39 is 0 Å². The van der Waals surface area contributed by atoms with Gasteiger partial charge in [-0.25, -0.2) is 4.99 Å². The zero-order valence-electron chi connectivity index (χ0n) is 11.6. The van der Waals surface area contributed by atoms with E-state index in [9.17, 15) is 0 Å². The maximum absolute atomic E-state index is 8.79. The third-order valence-electron chi connectivity index (χ3n) is 2.46. The first kappa shape index (κ1) is 18.7. The summed E-state index contributed by atoms with van der Waals surface area (Å²) >= 11 is 0. The molecule has 1 aromatic carbocycles. The summed E-state index contributed by atoms with van der Waals surface area (Å²) < 4.78 is 5.22. The summed E-state index contributed by atoms with van der Waals surface area (Å²) in [6, 6.07) is 9.44. The molecule has 0 heterocycles. The molecule has 1 rings (SSSR count). The molecule has 0 aromatic heterocycles. The summed E-state index contributed by atoms with van der Waals surface area (Å²) in [5.41, 5.74) is 7.35. The summed E-state index contributed by atoms with van der Waals surface area (Å²) in [5, 5.41) is 11.8. The smallest absolute Gasteiger partial charge is 0.188 e. The van der Waals surface area contributed by atoms with Gasteiger partial charge < -0.3 is 15.8 Å². The van der Waals surface area contributed by atoms with Gasteiger partial charge in [-0.05, 0) is 31.0 Å². The van der Waals surface area contributed by atoms with Gasteiger partial charge in [0.1, 0.15) is 0 Å². The fourth-order valence-corrected chi connectivity index (χ4v) is 1.51. The van der Waals surface area contributed by atoms with Crippen molar-refractivity contribution in [3.05, 3.63) is 35.4 Å². The van der Waals surface area contributed by atoms with Gasteiger partial charge in [0.25, 0.3) is 0 Å². The van der Waals surface area contributed by atoms with Crippen molar-refractivity contribution in [2.45, 2.75) is 19.9 Å². The number of halogens is 1. The van der Waals surface area contributed by atoms with Gasteiger partial charge in [-0.1, -0.05) is 12.1 Å². The van der Waals surface area contributed by atoms with Crippen molar-refractivity contribution in [1.29, 1.82) is 5.26 Å². The Morgan fingerprint density at radius 2 is 2.30 bits per heavy atom. The summed E-state index contributed by atoms with van der Waals surface area (Å²) in [4.78, 5) is 4.22. The van der Waals surface area contributed by atoms with Gasteiger partial charge in [-0.3, -0.25) is 0 Å². The van der Waals surface area contributed by atoms with E-state index in [1.54, 1.807) is 6.07 Å². The van der Waals surface area contributed by atoms with Crippen LogP contribution in [0.2, 0.25) is 0 Å². The van der Waals surface area contributed by atoms with E-state index >= 15 is 0 Å². The van der Waals surface area contributed by atoms with E-state index in [1.807, 2.05) is 25.1 Å². The molecular weight excluding hydrogens is 367 g/mol. The van der Waals surface area contributed by atoms with Crippen molar-refractivity contribution in [2.75, 3.05) is 19.8 Å². The fraction of sp³-hybridized carbons (Fsp3) is 0.429. The number of ether oxygens (including phenoxy) is 1. The Labute approximate surface area is 137 Å². The largest absolute Gasteiger partial charge is 0.382 e. The molecule has 0 atom stereocenters. The molecule has 0 aliphatic heterocycles. The van der Waals surface area contributed by atoms with Gasteiger partial charge in [0, 0.05) is 19.8 Å². The molecule has 0 unspecified atom stereocenters. The molecule has 1 aromatic rings. The third kappa shape index (κ3) is 7.96. The molecule has 20 heavy (non-hydrogen) atoms. The van der Waals surface area contributed by atoms with Crippen LogP contribution >= 0.6 is 24.0 Å². The number of nitrogens with one attached hydrogen (secondary N) is 1. The van der Waals surface area contributed by atoms with Crippen LogP contribution in [-0.2, 0) is 11.3 Å². The van der Waals surface area contributed by atoms with E-state index in [0.717, 1.165) is 31.7 Å². The number of rotatable bonds is 7. The third-order valence-corrected chi connectivity index (χ3v) is 2.46. The zero-order valence-corrected chi connectivity index (χ0v) is 14.0. The minimum Gasteiger partial charge on any atom is -0.382 e. The first-order valence-electron chi connectivity index (χ1n) is 6.37. The van der Waals surface area contributed by atoms with Crippen LogP contribution < -0.4 is 11.1 Å². The second-order valence-corrected chi connectivity index (χ2v) is 3.99. The number of nitrogens with two attached hydrogens (primary N) is 1. The van der Waals surface area contributed by atoms with Crippen LogP contribution in [0, 0.1) is 11.3 Å². The molecule has 5 nitrogen and oxygen atoms in total. The molecule has 0 saturated heterocycles. The van der Waals surface area contributed by atoms with Crippen molar-refractivity contribution < 1.29 is 4.74 Å². The molecule has 0 radical (unpaired) electrons. The van der Waals surface area contributed by atoms with Gasteiger partial charge in [0.2, 0.25) is 0 Å². The number of guanidine groups is 1. The van der Waals surface area contributed by atoms with Crippen molar-refractivity contribution in [3.63, 3.8) is 0 Å². The quantitative estimate of drug-likeness (QED) is 0.324. The number of hydrogen-bond donors (Lipinski definition) is 2. The van der Waals surface area contributed by atoms with Crippen LogP contribution in [0.3, 0.4) is 0 Å². The summed E-state index contributed by atoms with van der Waals surface area (Å²) in [6.07, 6.45) is 0.897. The molecule has 0 bridgehead atoms. The molecule has 3 N–H and O–H groups in total.